The van der Waals surface area contributed by atoms with Crippen LogP contribution in [0.25, 0.3) is 0 Å². The van der Waals surface area contributed by atoms with Crippen LogP contribution in [-0.2, 0) is 61.6 Å². The standard InChI is InChI=1S/C38H66O31/c1-57-29-13(7-59-34-23(51)17(45)15(43)9(3-39)61-34)65-37(26(54)19(29)47)68-31-12(6-42)64-36(27(55)21(31)49)69-32-14(8-60-35-24(52)18(46)16(44)10(4-40)62-35)66-38(28(56)22(32)50)67-30-11(5-41)63-33(58-2)25(53)20(30)48/h9-56H,3-8H2,1-2H3/t9?,10?,11?,12?,13?,14?,15-,16-,17-,18-,19+,20+,21+,22+,23?,24?,25?,26?,27?,28?,29+,30+,31+,32+,33+,34-,35-,36-,37-,38-/m0/s1. The molecule has 12 unspecified atom stereocenters. The van der Waals surface area contributed by atoms with Crippen molar-refractivity contribution in [2.45, 2.75) is 184 Å². The smallest absolute Gasteiger partial charge is 0.187 e. The largest absolute Gasteiger partial charge is 0.394 e. The maximum absolute atomic E-state index is 11.6. The van der Waals surface area contributed by atoms with Crippen LogP contribution in [0.5, 0.6) is 0 Å². The van der Waals surface area contributed by atoms with Crippen molar-refractivity contribution in [2.24, 2.45) is 0 Å². The molecule has 0 aromatic heterocycles. The van der Waals surface area contributed by atoms with E-state index in [0.717, 1.165) is 14.2 Å². The highest BCUT2D eigenvalue weighted by molar-refractivity contribution is 4.99. The Hall–Kier alpha value is -1.24. The van der Waals surface area contributed by atoms with E-state index in [9.17, 15) is 91.9 Å². The molecule has 6 aliphatic rings. The van der Waals surface area contributed by atoms with E-state index in [1.54, 1.807) is 0 Å². The van der Waals surface area contributed by atoms with Crippen molar-refractivity contribution < 1.29 is 153 Å². The van der Waals surface area contributed by atoms with Crippen LogP contribution in [-0.4, -0.2) is 330 Å². The van der Waals surface area contributed by atoms with Gasteiger partial charge in [0, 0.05) is 14.2 Å². The minimum Gasteiger partial charge on any atom is -0.394 e. The number of rotatable bonds is 18. The number of hydrogen-bond donors (Lipinski definition) is 18. The quantitative estimate of drug-likeness (QED) is 0.0606. The van der Waals surface area contributed by atoms with E-state index < -0.39 is 224 Å². The van der Waals surface area contributed by atoms with Crippen molar-refractivity contribution in [2.75, 3.05) is 53.9 Å². The molecule has 6 heterocycles. The summed E-state index contributed by atoms with van der Waals surface area (Å²) in [5.74, 6) is 0. The van der Waals surface area contributed by atoms with Gasteiger partial charge in [0.15, 0.2) is 37.7 Å². The van der Waals surface area contributed by atoms with Crippen LogP contribution in [0, 0.1) is 0 Å². The first-order valence-corrected chi connectivity index (χ1v) is 21.9. The van der Waals surface area contributed by atoms with Gasteiger partial charge in [-0.25, -0.2) is 0 Å². The molecule has 0 aromatic carbocycles. The lowest BCUT2D eigenvalue weighted by Gasteiger charge is -2.49. The summed E-state index contributed by atoms with van der Waals surface area (Å²) in [6.07, 6.45) is -53.9. The average molecular weight is 1020 g/mol. The second-order valence-corrected chi connectivity index (χ2v) is 17.3. The number of methoxy groups -OCH3 is 2. The Bertz CT molecular complexity index is 1540. The Morgan fingerprint density at radius 1 is 0.275 bits per heavy atom. The monoisotopic (exact) mass is 1020 g/mol. The van der Waals surface area contributed by atoms with Crippen LogP contribution >= 0.6 is 0 Å². The van der Waals surface area contributed by atoms with Crippen molar-refractivity contribution >= 4 is 0 Å². The molecule has 30 atom stereocenters. The van der Waals surface area contributed by atoms with E-state index in [0.29, 0.717) is 0 Å². The summed E-state index contributed by atoms with van der Waals surface area (Å²) < 4.78 is 72.4. The topological polar surface area (TPSA) is 484 Å². The van der Waals surface area contributed by atoms with E-state index in [1.807, 2.05) is 0 Å². The molecule has 31 nitrogen and oxygen atoms in total. The van der Waals surface area contributed by atoms with Gasteiger partial charge < -0.3 is 153 Å². The molecule has 404 valence electrons. The van der Waals surface area contributed by atoms with Crippen LogP contribution in [0.3, 0.4) is 0 Å². The van der Waals surface area contributed by atoms with Crippen LogP contribution in [0.15, 0.2) is 0 Å². The summed E-state index contributed by atoms with van der Waals surface area (Å²) in [7, 11) is 2.29. The second kappa shape index (κ2) is 24.9. The van der Waals surface area contributed by atoms with E-state index in [1.165, 1.54) is 0 Å². The molecule has 0 bridgehead atoms. The fourth-order valence-electron chi connectivity index (χ4n) is 8.77. The number of ether oxygens (including phenoxy) is 13. The van der Waals surface area contributed by atoms with Crippen molar-refractivity contribution in [1.82, 2.24) is 0 Å². The maximum atomic E-state index is 11.6. The predicted octanol–water partition coefficient (Wildman–Crippen LogP) is -12.8. The fraction of sp³-hybridized carbons (Fsp3) is 1.00. The zero-order chi connectivity index (χ0) is 50.8. The average Bonchev–Trinajstić information content (AvgIpc) is 3.34. The summed E-state index contributed by atoms with van der Waals surface area (Å²) in [6.45, 7) is -4.96. The van der Waals surface area contributed by atoms with Crippen molar-refractivity contribution in [3.63, 3.8) is 0 Å². The van der Waals surface area contributed by atoms with Gasteiger partial charge in [0.2, 0.25) is 0 Å². The van der Waals surface area contributed by atoms with Crippen LogP contribution in [0.2, 0.25) is 0 Å². The number of hydrogen-bond acceptors (Lipinski definition) is 31. The molecule has 6 aliphatic heterocycles. The molecular weight excluding hydrogens is 952 g/mol. The highest BCUT2D eigenvalue weighted by Gasteiger charge is 2.56. The number of aliphatic hydroxyl groups is 18. The van der Waals surface area contributed by atoms with Gasteiger partial charge in [0.1, 0.15) is 146 Å². The number of aliphatic hydroxyl groups excluding tert-OH is 18. The second-order valence-electron chi connectivity index (χ2n) is 17.3. The van der Waals surface area contributed by atoms with Gasteiger partial charge in [-0.15, -0.1) is 0 Å². The molecule has 31 heteroatoms. The molecular formula is C38H66O31. The minimum atomic E-state index is -2.21. The minimum absolute atomic E-state index is 0.630. The van der Waals surface area contributed by atoms with Crippen LogP contribution in [0.4, 0.5) is 0 Å². The Kier molecular flexibility index (Phi) is 20.6. The highest BCUT2D eigenvalue weighted by atomic mass is 16.8. The Morgan fingerprint density at radius 3 is 0.899 bits per heavy atom. The first kappa shape index (κ1) is 57.0. The first-order chi connectivity index (χ1) is 32.8. The van der Waals surface area contributed by atoms with Gasteiger partial charge in [0.25, 0.3) is 0 Å². The summed E-state index contributed by atoms with van der Waals surface area (Å²) in [5, 5.41) is 191. The molecule has 0 amide bonds. The lowest BCUT2D eigenvalue weighted by atomic mass is 9.95. The zero-order valence-corrected chi connectivity index (χ0v) is 36.9. The van der Waals surface area contributed by atoms with Crippen molar-refractivity contribution in [3.8, 4) is 0 Å². The fourth-order valence-corrected chi connectivity index (χ4v) is 8.77. The van der Waals surface area contributed by atoms with E-state index in [4.69, 9.17) is 61.6 Å². The normalized spacial score (nSPS) is 52.2. The molecule has 6 rings (SSSR count). The third-order valence-corrected chi connectivity index (χ3v) is 12.8. The van der Waals surface area contributed by atoms with Gasteiger partial charge >= 0.3 is 0 Å². The Labute approximate surface area is 391 Å². The van der Waals surface area contributed by atoms with E-state index in [2.05, 4.69) is 0 Å². The third-order valence-electron chi connectivity index (χ3n) is 12.8. The van der Waals surface area contributed by atoms with Gasteiger partial charge in [0.05, 0.1) is 39.6 Å². The SMILES string of the molecule is CO[C@@H]1OC(CO)[C@@H](O[C@@H]2OC(CO[C@H]3OC(CO)[C@H](O)[C@H](O)C3O)[C@@H](O[C@@H]3OC(CO)[C@@H](O[C@@H]4OC(CO[C@H]5OC(CO)[C@H](O)[C@H](O)C5O)[C@@H](OC)[C@H](O)C4O)[C@H](O)C3O)[C@H](O)C2O)[C@H](O)C1O. The molecule has 18 N–H and O–H groups in total. The van der Waals surface area contributed by atoms with Crippen molar-refractivity contribution in [1.29, 1.82) is 0 Å². The Balaban J connectivity index is 1.17. The molecule has 0 radical (unpaired) electrons. The van der Waals surface area contributed by atoms with Crippen molar-refractivity contribution in [3.05, 3.63) is 0 Å². The molecule has 6 saturated heterocycles. The molecule has 0 aliphatic carbocycles. The maximum Gasteiger partial charge on any atom is 0.187 e. The lowest BCUT2D eigenvalue weighted by Crippen LogP contribution is -2.68. The van der Waals surface area contributed by atoms with Gasteiger partial charge in [-0.05, 0) is 0 Å². The zero-order valence-electron chi connectivity index (χ0n) is 36.9. The van der Waals surface area contributed by atoms with Gasteiger partial charge in [-0.3, -0.25) is 0 Å². The van der Waals surface area contributed by atoms with Crippen LogP contribution in [0.1, 0.15) is 0 Å². The summed E-state index contributed by atoms with van der Waals surface area (Å²) in [4.78, 5) is 0. The third kappa shape index (κ3) is 12.0. The van der Waals surface area contributed by atoms with Gasteiger partial charge in [-0.1, -0.05) is 0 Å². The van der Waals surface area contributed by atoms with E-state index in [-0.39, 0.29) is 0 Å². The Morgan fingerprint density at radius 2 is 0.551 bits per heavy atom. The summed E-state index contributed by atoms with van der Waals surface area (Å²) in [5.41, 5.74) is 0. The highest BCUT2D eigenvalue weighted by Crippen LogP contribution is 2.36. The molecule has 69 heavy (non-hydrogen) atoms. The molecule has 6 fully saturated rings. The van der Waals surface area contributed by atoms with Crippen LogP contribution < -0.4 is 0 Å². The first-order valence-electron chi connectivity index (χ1n) is 21.9. The summed E-state index contributed by atoms with van der Waals surface area (Å²) in [6, 6.07) is 0. The molecule has 0 spiro atoms. The molecule has 0 saturated carbocycles. The molecule has 0 aromatic rings. The predicted molar refractivity (Wildman–Crippen MR) is 209 cm³/mol. The van der Waals surface area contributed by atoms with Gasteiger partial charge in [-0.2, -0.15) is 0 Å². The van der Waals surface area contributed by atoms with E-state index >= 15 is 0 Å². The lowest BCUT2D eigenvalue weighted by molar-refractivity contribution is -0.392. The summed E-state index contributed by atoms with van der Waals surface area (Å²) >= 11 is 0.